The molecule has 4 nitrogen and oxygen atoms in total. The van der Waals surface area contributed by atoms with E-state index in [0.29, 0.717) is 6.04 Å². The number of nitrogens with one attached hydrogen (secondary N) is 1. The van der Waals surface area contributed by atoms with Gasteiger partial charge in [0.2, 0.25) is 0 Å². The number of aromatic nitrogens is 1. The summed E-state index contributed by atoms with van der Waals surface area (Å²) in [6.07, 6.45) is 7.34. The largest absolute Gasteiger partial charge is 0.310 e. The van der Waals surface area contributed by atoms with E-state index in [1.54, 1.807) is 0 Å². The van der Waals surface area contributed by atoms with Crippen LogP contribution in [0, 0.1) is 0 Å². The monoisotopic (exact) mass is 288 g/mol. The highest BCUT2D eigenvalue weighted by molar-refractivity contribution is 5.14. The second-order valence-electron chi connectivity index (χ2n) is 6.81. The molecule has 1 saturated carbocycles. The minimum Gasteiger partial charge on any atom is -0.310 e. The van der Waals surface area contributed by atoms with Crippen molar-refractivity contribution in [2.75, 3.05) is 27.2 Å². The zero-order valence-corrected chi connectivity index (χ0v) is 13.4. The van der Waals surface area contributed by atoms with Gasteiger partial charge in [-0.25, -0.2) is 0 Å². The summed E-state index contributed by atoms with van der Waals surface area (Å²) >= 11 is 0. The van der Waals surface area contributed by atoms with Crippen LogP contribution in [-0.2, 0) is 13.1 Å². The molecule has 4 heteroatoms. The lowest BCUT2D eigenvalue weighted by Gasteiger charge is -2.35. The van der Waals surface area contributed by atoms with E-state index in [2.05, 4.69) is 46.3 Å². The molecule has 0 radical (unpaired) electrons. The van der Waals surface area contributed by atoms with Crippen molar-refractivity contribution < 1.29 is 0 Å². The first-order chi connectivity index (χ1) is 10.2. The third kappa shape index (κ3) is 4.50. The standard InChI is InChI=1S/C17H28N4/c1-20(2)17-4-3-9-21(13-17)12-16-6-5-14(11-19-16)10-18-15-7-8-15/h5-6,11,15,17-18H,3-4,7-10,12-13H2,1-2H3. The van der Waals surface area contributed by atoms with Crippen molar-refractivity contribution in [3.8, 4) is 0 Å². The summed E-state index contributed by atoms with van der Waals surface area (Å²) in [5.41, 5.74) is 2.50. The second-order valence-corrected chi connectivity index (χ2v) is 6.81. The van der Waals surface area contributed by atoms with Gasteiger partial charge in [-0.1, -0.05) is 6.07 Å². The van der Waals surface area contributed by atoms with Crippen LogP contribution < -0.4 is 5.32 Å². The Morgan fingerprint density at radius 1 is 1.29 bits per heavy atom. The van der Waals surface area contributed by atoms with E-state index >= 15 is 0 Å². The van der Waals surface area contributed by atoms with E-state index < -0.39 is 0 Å². The van der Waals surface area contributed by atoms with Crippen molar-refractivity contribution >= 4 is 0 Å². The van der Waals surface area contributed by atoms with Gasteiger partial charge in [-0.05, 0) is 58.0 Å². The van der Waals surface area contributed by atoms with E-state index in [0.717, 1.165) is 19.1 Å². The minimum absolute atomic E-state index is 0.695. The number of rotatable bonds is 6. The van der Waals surface area contributed by atoms with Crippen LogP contribution in [0.15, 0.2) is 18.3 Å². The molecule has 21 heavy (non-hydrogen) atoms. The van der Waals surface area contributed by atoms with Crippen LogP contribution >= 0.6 is 0 Å². The molecule has 0 amide bonds. The second kappa shape index (κ2) is 6.86. The summed E-state index contributed by atoms with van der Waals surface area (Å²) < 4.78 is 0. The highest BCUT2D eigenvalue weighted by Crippen LogP contribution is 2.19. The van der Waals surface area contributed by atoms with Gasteiger partial charge in [-0.2, -0.15) is 0 Å². The molecule has 3 rings (SSSR count). The number of likely N-dealkylation sites (tertiary alicyclic amines) is 1. The molecule has 2 heterocycles. The molecule has 1 aromatic rings. The van der Waals surface area contributed by atoms with Gasteiger partial charge in [0.25, 0.3) is 0 Å². The van der Waals surface area contributed by atoms with Crippen LogP contribution in [0.1, 0.15) is 36.9 Å². The highest BCUT2D eigenvalue weighted by Gasteiger charge is 2.22. The van der Waals surface area contributed by atoms with Gasteiger partial charge in [-0.3, -0.25) is 9.88 Å². The van der Waals surface area contributed by atoms with Crippen LogP contribution in [0.25, 0.3) is 0 Å². The van der Waals surface area contributed by atoms with Gasteiger partial charge in [0.15, 0.2) is 0 Å². The summed E-state index contributed by atoms with van der Waals surface area (Å²) in [6.45, 7) is 4.32. The van der Waals surface area contributed by atoms with Crippen LogP contribution in [0.4, 0.5) is 0 Å². The molecule has 116 valence electrons. The van der Waals surface area contributed by atoms with Gasteiger partial charge in [0.05, 0.1) is 5.69 Å². The number of piperidine rings is 1. The number of likely N-dealkylation sites (N-methyl/N-ethyl adjacent to an activating group) is 1. The Morgan fingerprint density at radius 3 is 2.81 bits per heavy atom. The fourth-order valence-electron chi connectivity index (χ4n) is 3.03. The molecule has 1 saturated heterocycles. The van der Waals surface area contributed by atoms with Gasteiger partial charge in [-0.15, -0.1) is 0 Å². The van der Waals surface area contributed by atoms with Gasteiger partial charge in [0, 0.05) is 37.9 Å². The molecule has 2 fully saturated rings. The number of hydrogen-bond acceptors (Lipinski definition) is 4. The Hall–Kier alpha value is -0.970. The molecule has 1 aliphatic carbocycles. The molecule has 0 aromatic carbocycles. The van der Waals surface area contributed by atoms with E-state index in [9.17, 15) is 0 Å². The average Bonchev–Trinajstić information content (AvgIpc) is 3.31. The molecular weight excluding hydrogens is 260 g/mol. The van der Waals surface area contributed by atoms with Crippen LogP contribution in [0.2, 0.25) is 0 Å². The zero-order valence-electron chi connectivity index (χ0n) is 13.4. The normalized spacial score (nSPS) is 23.7. The smallest absolute Gasteiger partial charge is 0.0544 e. The predicted octanol–water partition coefficient (Wildman–Crippen LogP) is 1.86. The van der Waals surface area contributed by atoms with Gasteiger partial charge >= 0.3 is 0 Å². The Balaban J connectivity index is 1.49. The fourth-order valence-corrected chi connectivity index (χ4v) is 3.03. The topological polar surface area (TPSA) is 31.4 Å². The lowest BCUT2D eigenvalue weighted by atomic mass is 10.0. The summed E-state index contributed by atoms with van der Waals surface area (Å²) in [5.74, 6) is 0. The summed E-state index contributed by atoms with van der Waals surface area (Å²) in [6, 6.07) is 5.88. The molecule has 1 aromatic heterocycles. The molecule has 2 aliphatic rings. The SMILES string of the molecule is CN(C)C1CCCN(Cc2ccc(CNC3CC3)cn2)C1. The summed E-state index contributed by atoms with van der Waals surface area (Å²) in [5, 5.41) is 3.54. The predicted molar refractivity (Wildman–Crippen MR) is 86.1 cm³/mol. The minimum atomic E-state index is 0.695. The Labute approximate surface area is 128 Å². The molecular formula is C17H28N4. The molecule has 1 unspecified atom stereocenters. The zero-order chi connectivity index (χ0) is 14.7. The summed E-state index contributed by atoms with van der Waals surface area (Å²) in [4.78, 5) is 9.54. The average molecular weight is 288 g/mol. The van der Waals surface area contributed by atoms with E-state index in [-0.39, 0.29) is 0 Å². The molecule has 1 N–H and O–H groups in total. The summed E-state index contributed by atoms with van der Waals surface area (Å²) in [7, 11) is 4.38. The lowest BCUT2D eigenvalue weighted by molar-refractivity contribution is 0.127. The third-order valence-electron chi connectivity index (χ3n) is 4.65. The fraction of sp³-hybridized carbons (Fsp3) is 0.706. The Kier molecular flexibility index (Phi) is 4.88. The number of hydrogen-bond donors (Lipinski definition) is 1. The first-order valence-corrected chi connectivity index (χ1v) is 8.26. The number of nitrogens with zero attached hydrogens (tertiary/aromatic N) is 3. The number of pyridine rings is 1. The van der Waals surface area contributed by atoms with Gasteiger partial charge < -0.3 is 10.2 Å². The van der Waals surface area contributed by atoms with Crippen LogP contribution in [-0.4, -0.2) is 54.1 Å². The van der Waals surface area contributed by atoms with Crippen molar-refractivity contribution in [1.29, 1.82) is 0 Å². The van der Waals surface area contributed by atoms with Crippen LogP contribution in [0.5, 0.6) is 0 Å². The van der Waals surface area contributed by atoms with Gasteiger partial charge in [0.1, 0.15) is 0 Å². The Morgan fingerprint density at radius 2 is 2.14 bits per heavy atom. The van der Waals surface area contributed by atoms with E-state index in [1.807, 2.05) is 6.20 Å². The lowest BCUT2D eigenvalue weighted by Crippen LogP contribution is -2.44. The third-order valence-corrected chi connectivity index (χ3v) is 4.65. The Bertz CT molecular complexity index is 439. The van der Waals surface area contributed by atoms with Crippen molar-refractivity contribution in [2.24, 2.45) is 0 Å². The molecule has 0 spiro atoms. The maximum absolute atomic E-state index is 4.65. The maximum Gasteiger partial charge on any atom is 0.0544 e. The quantitative estimate of drug-likeness (QED) is 0.866. The first-order valence-electron chi connectivity index (χ1n) is 8.26. The van der Waals surface area contributed by atoms with Crippen LogP contribution in [0.3, 0.4) is 0 Å². The van der Waals surface area contributed by atoms with Crippen molar-refractivity contribution in [3.05, 3.63) is 29.6 Å². The molecule has 1 aliphatic heterocycles. The molecule has 0 bridgehead atoms. The van der Waals surface area contributed by atoms with Crippen molar-refractivity contribution in [2.45, 2.75) is 50.9 Å². The van der Waals surface area contributed by atoms with Crippen molar-refractivity contribution in [1.82, 2.24) is 20.1 Å². The van der Waals surface area contributed by atoms with Crippen molar-refractivity contribution in [3.63, 3.8) is 0 Å². The highest BCUT2D eigenvalue weighted by atomic mass is 15.2. The maximum atomic E-state index is 4.65. The van der Waals surface area contributed by atoms with E-state index in [1.165, 1.54) is 50.0 Å². The van der Waals surface area contributed by atoms with E-state index in [4.69, 9.17) is 0 Å². The molecule has 1 atom stereocenters. The first kappa shape index (κ1) is 14.9.